The van der Waals surface area contributed by atoms with Crippen LogP contribution in [-0.2, 0) is 11.8 Å². The van der Waals surface area contributed by atoms with Crippen LogP contribution in [0.1, 0.15) is 30.4 Å². The van der Waals surface area contributed by atoms with Crippen molar-refractivity contribution in [2.45, 2.75) is 31.1 Å². The SMILES string of the molecule is COc1ccc2c(c1)CCNCC21CCC1. The van der Waals surface area contributed by atoms with Gasteiger partial charge in [-0.3, -0.25) is 0 Å². The van der Waals surface area contributed by atoms with Crippen molar-refractivity contribution in [3.8, 4) is 5.75 Å². The third-order valence-electron chi connectivity index (χ3n) is 4.23. The summed E-state index contributed by atoms with van der Waals surface area (Å²) in [5.41, 5.74) is 3.51. The van der Waals surface area contributed by atoms with Crippen LogP contribution in [0.25, 0.3) is 0 Å². The first kappa shape index (κ1) is 10.2. The smallest absolute Gasteiger partial charge is 0.119 e. The molecule has 2 heteroatoms. The Balaban J connectivity index is 2.05. The molecule has 1 aliphatic carbocycles. The maximum Gasteiger partial charge on any atom is 0.119 e. The first-order valence-electron chi connectivity index (χ1n) is 6.22. The van der Waals surface area contributed by atoms with Gasteiger partial charge in [0.15, 0.2) is 0 Å². The second kappa shape index (κ2) is 3.77. The van der Waals surface area contributed by atoms with E-state index in [1.807, 2.05) is 0 Å². The number of fused-ring (bicyclic) bond motifs is 2. The van der Waals surface area contributed by atoms with Crippen LogP contribution in [0.2, 0.25) is 0 Å². The Labute approximate surface area is 97.0 Å². The molecule has 0 amide bonds. The number of nitrogens with one attached hydrogen (secondary N) is 1. The minimum Gasteiger partial charge on any atom is -0.497 e. The maximum atomic E-state index is 5.32. The fourth-order valence-corrected chi connectivity index (χ4v) is 3.12. The van der Waals surface area contributed by atoms with Crippen LogP contribution in [0.4, 0.5) is 0 Å². The van der Waals surface area contributed by atoms with E-state index in [0.29, 0.717) is 5.41 Å². The Morgan fingerprint density at radius 3 is 2.88 bits per heavy atom. The highest BCUT2D eigenvalue weighted by molar-refractivity contribution is 5.42. The first-order valence-corrected chi connectivity index (χ1v) is 6.22. The monoisotopic (exact) mass is 217 g/mol. The van der Waals surface area contributed by atoms with Crippen molar-refractivity contribution in [3.63, 3.8) is 0 Å². The molecule has 1 spiro atoms. The highest BCUT2D eigenvalue weighted by Crippen LogP contribution is 2.46. The van der Waals surface area contributed by atoms with E-state index in [4.69, 9.17) is 4.74 Å². The van der Waals surface area contributed by atoms with Gasteiger partial charge in [0.2, 0.25) is 0 Å². The van der Waals surface area contributed by atoms with Crippen molar-refractivity contribution in [2.24, 2.45) is 0 Å². The van der Waals surface area contributed by atoms with Crippen molar-refractivity contribution < 1.29 is 4.74 Å². The summed E-state index contributed by atoms with van der Waals surface area (Å²) in [6.45, 7) is 2.26. The molecule has 0 bridgehead atoms. The molecule has 86 valence electrons. The van der Waals surface area contributed by atoms with Crippen LogP contribution in [-0.4, -0.2) is 20.2 Å². The van der Waals surface area contributed by atoms with Crippen molar-refractivity contribution in [1.29, 1.82) is 0 Å². The van der Waals surface area contributed by atoms with Gasteiger partial charge in [-0.2, -0.15) is 0 Å². The molecule has 1 heterocycles. The summed E-state index contributed by atoms with van der Waals surface area (Å²) >= 11 is 0. The average molecular weight is 217 g/mol. The number of ether oxygens (including phenoxy) is 1. The van der Waals surface area contributed by atoms with E-state index in [2.05, 4.69) is 23.5 Å². The molecule has 16 heavy (non-hydrogen) atoms. The Bertz CT molecular complexity index is 396. The molecule has 0 saturated heterocycles. The van der Waals surface area contributed by atoms with Gasteiger partial charge in [0, 0.05) is 12.0 Å². The predicted octanol–water partition coefficient (Wildman–Crippen LogP) is 2.26. The number of benzene rings is 1. The second-order valence-electron chi connectivity index (χ2n) is 5.08. The maximum absolute atomic E-state index is 5.32. The Morgan fingerprint density at radius 2 is 2.19 bits per heavy atom. The Morgan fingerprint density at radius 1 is 1.31 bits per heavy atom. The van der Waals surface area contributed by atoms with Crippen molar-refractivity contribution in [1.82, 2.24) is 5.32 Å². The minimum absolute atomic E-state index is 0.443. The predicted molar refractivity (Wildman–Crippen MR) is 65.1 cm³/mol. The van der Waals surface area contributed by atoms with Gasteiger partial charge in [0.1, 0.15) is 5.75 Å². The quantitative estimate of drug-likeness (QED) is 0.779. The van der Waals surface area contributed by atoms with Gasteiger partial charge >= 0.3 is 0 Å². The summed E-state index contributed by atoms with van der Waals surface area (Å²) in [5.74, 6) is 0.995. The molecule has 2 nitrogen and oxygen atoms in total. The number of hydrogen-bond acceptors (Lipinski definition) is 2. The van der Waals surface area contributed by atoms with Crippen LogP contribution >= 0.6 is 0 Å². The first-order chi connectivity index (χ1) is 7.84. The van der Waals surface area contributed by atoms with Crippen molar-refractivity contribution in [3.05, 3.63) is 29.3 Å². The van der Waals surface area contributed by atoms with Crippen LogP contribution in [0, 0.1) is 0 Å². The summed E-state index contributed by atoms with van der Waals surface area (Å²) in [6.07, 6.45) is 5.21. The molecule has 1 fully saturated rings. The Hall–Kier alpha value is -1.02. The lowest BCUT2D eigenvalue weighted by Crippen LogP contribution is -2.42. The van der Waals surface area contributed by atoms with E-state index in [0.717, 1.165) is 25.3 Å². The molecular weight excluding hydrogens is 198 g/mol. The summed E-state index contributed by atoms with van der Waals surface area (Å²) < 4.78 is 5.32. The molecule has 1 N–H and O–H groups in total. The molecule has 1 aromatic rings. The zero-order valence-electron chi connectivity index (χ0n) is 9.88. The lowest BCUT2D eigenvalue weighted by atomic mass is 9.63. The minimum atomic E-state index is 0.443. The fraction of sp³-hybridized carbons (Fsp3) is 0.571. The van der Waals surface area contributed by atoms with Crippen molar-refractivity contribution in [2.75, 3.05) is 20.2 Å². The van der Waals surface area contributed by atoms with Gasteiger partial charge in [0.05, 0.1) is 7.11 Å². The van der Waals surface area contributed by atoms with E-state index >= 15 is 0 Å². The van der Waals surface area contributed by atoms with E-state index in [-0.39, 0.29) is 0 Å². The third-order valence-corrected chi connectivity index (χ3v) is 4.23. The van der Waals surface area contributed by atoms with E-state index < -0.39 is 0 Å². The second-order valence-corrected chi connectivity index (χ2v) is 5.08. The topological polar surface area (TPSA) is 21.3 Å². The van der Waals surface area contributed by atoms with Crippen LogP contribution in [0.3, 0.4) is 0 Å². The number of rotatable bonds is 1. The lowest BCUT2D eigenvalue weighted by molar-refractivity contribution is 0.239. The molecular formula is C14H19NO. The summed E-state index contributed by atoms with van der Waals surface area (Å²) in [7, 11) is 1.75. The van der Waals surface area contributed by atoms with E-state index in [9.17, 15) is 0 Å². The van der Waals surface area contributed by atoms with Gasteiger partial charge in [-0.1, -0.05) is 12.5 Å². The van der Waals surface area contributed by atoms with Crippen LogP contribution in [0.5, 0.6) is 5.75 Å². The van der Waals surface area contributed by atoms with Gasteiger partial charge in [-0.05, 0) is 49.1 Å². The highest BCUT2D eigenvalue weighted by Gasteiger charge is 2.40. The summed E-state index contributed by atoms with van der Waals surface area (Å²) in [4.78, 5) is 0. The molecule has 0 aromatic heterocycles. The van der Waals surface area contributed by atoms with Crippen LogP contribution < -0.4 is 10.1 Å². The highest BCUT2D eigenvalue weighted by atomic mass is 16.5. The standard InChI is InChI=1S/C14H19NO/c1-16-12-3-4-13-11(9-12)5-8-15-10-14(13)6-2-7-14/h3-4,9,15H,2,5-8,10H2,1H3. The molecule has 1 saturated carbocycles. The van der Waals surface area contributed by atoms with Crippen LogP contribution in [0.15, 0.2) is 18.2 Å². The molecule has 0 atom stereocenters. The Kier molecular flexibility index (Phi) is 2.40. The molecule has 0 unspecified atom stereocenters. The molecule has 1 aliphatic heterocycles. The lowest BCUT2D eigenvalue weighted by Gasteiger charge is -2.42. The number of hydrogen-bond donors (Lipinski definition) is 1. The fourth-order valence-electron chi connectivity index (χ4n) is 3.12. The zero-order valence-corrected chi connectivity index (χ0v) is 9.88. The average Bonchev–Trinajstić information content (AvgIpc) is 2.46. The summed E-state index contributed by atoms with van der Waals surface area (Å²) in [5, 5.41) is 3.58. The molecule has 3 rings (SSSR count). The molecule has 0 radical (unpaired) electrons. The summed E-state index contributed by atoms with van der Waals surface area (Å²) in [6, 6.07) is 6.63. The molecule has 2 aliphatic rings. The van der Waals surface area contributed by atoms with E-state index in [1.165, 1.54) is 24.8 Å². The van der Waals surface area contributed by atoms with Gasteiger partial charge in [-0.25, -0.2) is 0 Å². The van der Waals surface area contributed by atoms with E-state index in [1.54, 1.807) is 12.7 Å². The van der Waals surface area contributed by atoms with Gasteiger partial charge in [0.25, 0.3) is 0 Å². The normalized spacial score (nSPS) is 22.1. The largest absolute Gasteiger partial charge is 0.497 e. The zero-order chi connectivity index (χ0) is 11.0. The van der Waals surface area contributed by atoms with Crippen molar-refractivity contribution >= 4 is 0 Å². The molecule has 1 aromatic carbocycles. The van der Waals surface area contributed by atoms with Gasteiger partial charge < -0.3 is 10.1 Å². The number of methoxy groups -OCH3 is 1. The van der Waals surface area contributed by atoms with Gasteiger partial charge in [-0.15, -0.1) is 0 Å². The third kappa shape index (κ3) is 1.44.